The fraction of sp³-hybridized carbons (Fsp3) is 1.00. The third-order valence-electron chi connectivity index (χ3n) is 4.24. The van der Waals surface area contributed by atoms with E-state index in [1.807, 2.05) is 0 Å². The molecular formula is C16H36ClSn-. The van der Waals surface area contributed by atoms with Gasteiger partial charge < -0.3 is 12.4 Å². The summed E-state index contributed by atoms with van der Waals surface area (Å²) in [6.07, 6.45) is 11.8. The van der Waals surface area contributed by atoms with E-state index < -0.39 is 18.4 Å². The Labute approximate surface area is 127 Å². The molecule has 112 valence electrons. The van der Waals surface area contributed by atoms with Crippen molar-refractivity contribution in [2.45, 2.75) is 96.8 Å². The number of hydrogen-bond acceptors (Lipinski definition) is 0. The first-order valence-corrected chi connectivity index (χ1v) is 16.3. The van der Waals surface area contributed by atoms with Gasteiger partial charge in [-0.25, -0.2) is 0 Å². The Bertz CT molecular complexity index is 122. The minimum absolute atomic E-state index is 0. The third-order valence-corrected chi connectivity index (χ3v) is 20.4. The van der Waals surface area contributed by atoms with Crippen molar-refractivity contribution in [3.05, 3.63) is 0 Å². The van der Waals surface area contributed by atoms with Gasteiger partial charge in [0.05, 0.1) is 0 Å². The number of unbranched alkanes of at least 4 members (excludes halogenated alkanes) is 4. The topological polar surface area (TPSA) is 0 Å². The molecular weight excluding hydrogens is 346 g/mol. The molecule has 0 atom stereocenters. The van der Waals surface area contributed by atoms with E-state index in [2.05, 4.69) is 27.7 Å². The molecule has 0 radical (unpaired) electrons. The summed E-state index contributed by atoms with van der Waals surface area (Å²) in [6, 6.07) is 0. The van der Waals surface area contributed by atoms with Crippen molar-refractivity contribution >= 4 is 18.4 Å². The Kier molecular flexibility index (Phi) is 17.2. The van der Waals surface area contributed by atoms with Gasteiger partial charge in [0.1, 0.15) is 0 Å². The molecule has 2 heteroatoms. The molecule has 0 saturated carbocycles. The molecule has 0 unspecified atom stereocenters. The van der Waals surface area contributed by atoms with Gasteiger partial charge in [-0.1, -0.05) is 0 Å². The van der Waals surface area contributed by atoms with Crippen LogP contribution >= 0.6 is 0 Å². The molecule has 0 amide bonds. The minimum Gasteiger partial charge on any atom is -1.00 e. The van der Waals surface area contributed by atoms with Crippen LogP contribution in [0.4, 0.5) is 0 Å². The van der Waals surface area contributed by atoms with E-state index >= 15 is 0 Å². The summed E-state index contributed by atoms with van der Waals surface area (Å²) in [5.41, 5.74) is 0. The van der Waals surface area contributed by atoms with Crippen LogP contribution in [0.2, 0.25) is 17.7 Å². The summed E-state index contributed by atoms with van der Waals surface area (Å²) in [5, 5.41) is 0. The molecule has 0 aromatic carbocycles. The van der Waals surface area contributed by atoms with Crippen LogP contribution in [0.3, 0.4) is 0 Å². The summed E-state index contributed by atoms with van der Waals surface area (Å²) in [7, 11) is 0. The van der Waals surface area contributed by atoms with Crippen LogP contribution < -0.4 is 12.4 Å². The molecule has 0 aliphatic rings. The van der Waals surface area contributed by atoms with Gasteiger partial charge in [0.15, 0.2) is 0 Å². The smallest absolute Gasteiger partial charge is 1.00 e. The minimum atomic E-state index is -1.69. The molecule has 0 aliphatic heterocycles. The first-order valence-electron chi connectivity index (χ1n) is 8.24. The van der Waals surface area contributed by atoms with Crippen molar-refractivity contribution in [2.75, 3.05) is 0 Å². The number of hydrogen-bond donors (Lipinski definition) is 0. The standard InChI is InChI=1S/4C4H9.ClH.Sn/c4*1-3-4-2;;/h4*1,3-4H2,2H3;1H;/p-1. The van der Waals surface area contributed by atoms with Crippen LogP contribution in [-0.2, 0) is 0 Å². The van der Waals surface area contributed by atoms with Crippen LogP contribution in [0, 0.1) is 0 Å². The Morgan fingerprint density at radius 3 is 0.889 bits per heavy atom. The van der Waals surface area contributed by atoms with Gasteiger partial charge in [-0.2, -0.15) is 0 Å². The summed E-state index contributed by atoms with van der Waals surface area (Å²) >= 11 is -1.69. The van der Waals surface area contributed by atoms with Gasteiger partial charge in [-0.15, -0.1) is 0 Å². The van der Waals surface area contributed by atoms with Gasteiger partial charge in [0, 0.05) is 0 Å². The predicted molar refractivity (Wildman–Crippen MR) is 84.6 cm³/mol. The molecule has 0 saturated heterocycles. The van der Waals surface area contributed by atoms with Crippen LogP contribution in [0.25, 0.3) is 0 Å². The van der Waals surface area contributed by atoms with Crippen molar-refractivity contribution in [1.29, 1.82) is 0 Å². The maximum absolute atomic E-state index is 2.37. The quantitative estimate of drug-likeness (QED) is 0.452. The normalized spacial score (nSPS) is 11.3. The first-order chi connectivity index (χ1) is 8.24. The van der Waals surface area contributed by atoms with Gasteiger partial charge in [-0.3, -0.25) is 0 Å². The van der Waals surface area contributed by atoms with Gasteiger partial charge >= 0.3 is 115 Å². The van der Waals surface area contributed by atoms with Crippen molar-refractivity contribution < 1.29 is 12.4 Å². The molecule has 0 nitrogen and oxygen atoms in total. The Hall–Kier alpha value is 1.09. The van der Waals surface area contributed by atoms with Crippen molar-refractivity contribution in [1.82, 2.24) is 0 Å². The second-order valence-electron chi connectivity index (χ2n) is 5.91. The third kappa shape index (κ3) is 9.95. The first kappa shape index (κ1) is 21.4. The monoisotopic (exact) mass is 383 g/mol. The van der Waals surface area contributed by atoms with Crippen molar-refractivity contribution in [2.24, 2.45) is 0 Å². The second kappa shape index (κ2) is 14.5. The second-order valence-corrected chi connectivity index (χ2v) is 20.2. The molecule has 18 heavy (non-hydrogen) atoms. The molecule has 0 bridgehead atoms. The molecule has 0 fully saturated rings. The summed E-state index contributed by atoms with van der Waals surface area (Å²) in [5.74, 6) is 0. The predicted octanol–water partition coefficient (Wildman–Crippen LogP) is 3.64. The maximum Gasteiger partial charge on any atom is -1.00 e. The van der Waals surface area contributed by atoms with Crippen LogP contribution in [0.15, 0.2) is 0 Å². The maximum atomic E-state index is 2.37. The summed E-state index contributed by atoms with van der Waals surface area (Å²) < 4.78 is 6.80. The van der Waals surface area contributed by atoms with E-state index in [4.69, 9.17) is 0 Å². The fourth-order valence-electron chi connectivity index (χ4n) is 2.96. The van der Waals surface area contributed by atoms with Crippen LogP contribution in [0.1, 0.15) is 79.1 Å². The van der Waals surface area contributed by atoms with E-state index in [-0.39, 0.29) is 12.4 Å². The van der Waals surface area contributed by atoms with E-state index in [1.165, 1.54) is 51.4 Å². The fourth-order valence-corrected chi connectivity index (χ4v) is 19.8. The largest absolute Gasteiger partial charge is 1.00 e. The Balaban J connectivity index is 0. The van der Waals surface area contributed by atoms with Gasteiger partial charge in [0.25, 0.3) is 0 Å². The molecule has 0 aromatic heterocycles. The molecule has 0 heterocycles. The molecule has 0 spiro atoms. The summed E-state index contributed by atoms with van der Waals surface area (Å²) in [6.45, 7) is 9.48. The van der Waals surface area contributed by atoms with Crippen LogP contribution in [0.5, 0.6) is 0 Å². The van der Waals surface area contributed by atoms with E-state index in [9.17, 15) is 0 Å². The van der Waals surface area contributed by atoms with Crippen molar-refractivity contribution in [3.8, 4) is 0 Å². The van der Waals surface area contributed by atoms with Crippen molar-refractivity contribution in [3.63, 3.8) is 0 Å². The molecule has 0 aromatic rings. The zero-order chi connectivity index (χ0) is 13.0. The van der Waals surface area contributed by atoms with Gasteiger partial charge in [-0.05, 0) is 0 Å². The van der Waals surface area contributed by atoms with E-state index in [0.29, 0.717) is 0 Å². The molecule has 0 N–H and O–H groups in total. The average molecular weight is 383 g/mol. The molecule has 0 aliphatic carbocycles. The Morgan fingerprint density at radius 1 is 0.500 bits per heavy atom. The van der Waals surface area contributed by atoms with Gasteiger partial charge in [0.2, 0.25) is 0 Å². The SMILES string of the molecule is CCC[CH2][Sn]([CH2]CCC)([CH2]CCC)[CH2]CCC.[Cl-]. The molecule has 0 rings (SSSR count). The van der Waals surface area contributed by atoms with Crippen LogP contribution in [-0.4, -0.2) is 18.4 Å². The summed E-state index contributed by atoms with van der Waals surface area (Å²) in [4.78, 5) is 0. The van der Waals surface area contributed by atoms with E-state index in [0.717, 1.165) is 0 Å². The average Bonchev–Trinajstić information content (AvgIpc) is 2.37. The number of halogens is 1. The Morgan fingerprint density at radius 2 is 0.722 bits per heavy atom. The number of rotatable bonds is 12. The zero-order valence-electron chi connectivity index (χ0n) is 13.4. The van der Waals surface area contributed by atoms with E-state index in [1.54, 1.807) is 17.7 Å². The zero-order valence-corrected chi connectivity index (χ0v) is 17.0.